The van der Waals surface area contributed by atoms with Crippen LogP contribution in [0.25, 0.3) is 11.4 Å². The molecule has 0 radical (unpaired) electrons. The number of benzene rings is 2. The normalized spacial score (nSPS) is 11.9. The fourth-order valence-corrected chi connectivity index (χ4v) is 2.96. The van der Waals surface area contributed by atoms with Crippen LogP contribution in [0.4, 0.5) is 0 Å². The lowest BCUT2D eigenvalue weighted by molar-refractivity contribution is -0.138. The number of carbonyl (C=O) groups is 1. The van der Waals surface area contributed by atoms with Gasteiger partial charge in [0.2, 0.25) is 11.7 Å². The minimum Gasteiger partial charge on any atom is -0.481 e. The summed E-state index contributed by atoms with van der Waals surface area (Å²) in [6.45, 7) is 4.22. The summed E-state index contributed by atoms with van der Waals surface area (Å²) in [4.78, 5) is 18.7. The lowest BCUT2D eigenvalue weighted by Crippen LogP contribution is -2.39. The van der Waals surface area contributed by atoms with Crippen LogP contribution in [0.1, 0.15) is 31.7 Å². The van der Waals surface area contributed by atoms with Gasteiger partial charge < -0.3 is 14.2 Å². The maximum absolute atomic E-state index is 12.8. The van der Waals surface area contributed by atoms with Gasteiger partial charge in [-0.05, 0) is 54.8 Å². The Morgan fingerprint density at radius 1 is 1.14 bits per heavy atom. The Balaban J connectivity index is 1.63. The van der Waals surface area contributed by atoms with E-state index in [-0.39, 0.29) is 12.5 Å². The van der Waals surface area contributed by atoms with Crippen molar-refractivity contribution in [3.63, 3.8) is 0 Å². The number of likely N-dealkylation sites (N-methyl/N-ethyl adjacent to an activating group) is 1. The van der Waals surface area contributed by atoms with Crippen molar-refractivity contribution in [2.75, 3.05) is 7.05 Å². The third kappa shape index (κ3) is 5.35. The number of hydrogen-bond acceptors (Lipinski definition) is 5. The summed E-state index contributed by atoms with van der Waals surface area (Å²) in [7, 11) is 1.70. The number of ether oxygens (including phenoxy) is 1. The Bertz CT molecular complexity index is 939. The van der Waals surface area contributed by atoms with Gasteiger partial charge in [-0.25, -0.2) is 0 Å². The van der Waals surface area contributed by atoms with Crippen LogP contribution in [0, 0.1) is 0 Å². The van der Waals surface area contributed by atoms with E-state index in [1.165, 1.54) is 10.5 Å². The summed E-state index contributed by atoms with van der Waals surface area (Å²) in [6, 6.07) is 15.0. The first-order chi connectivity index (χ1) is 14.0. The summed E-state index contributed by atoms with van der Waals surface area (Å²) in [5.74, 6) is 1.35. The van der Waals surface area contributed by atoms with Crippen molar-refractivity contribution in [1.82, 2.24) is 15.0 Å². The van der Waals surface area contributed by atoms with E-state index in [4.69, 9.17) is 20.9 Å². The molecule has 7 heteroatoms. The molecule has 0 aliphatic heterocycles. The number of amides is 1. The molecule has 3 rings (SSSR count). The third-order valence-corrected chi connectivity index (χ3v) is 4.83. The van der Waals surface area contributed by atoms with E-state index in [1.807, 2.05) is 43.3 Å². The van der Waals surface area contributed by atoms with Crippen LogP contribution in [0.2, 0.25) is 5.02 Å². The predicted octanol–water partition coefficient (Wildman–Crippen LogP) is 4.77. The molecule has 1 aromatic heterocycles. The third-order valence-electron chi connectivity index (χ3n) is 4.58. The van der Waals surface area contributed by atoms with Crippen molar-refractivity contribution in [2.24, 2.45) is 0 Å². The fourth-order valence-electron chi connectivity index (χ4n) is 2.84. The van der Waals surface area contributed by atoms with Crippen molar-refractivity contribution >= 4 is 17.5 Å². The van der Waals surface area contributed by atoms with Crippen LogP contribution in [0.15, 0.2) is 53.1 Å². The first kappa shape index (κ1) is 20.9. The van der Waals surface area contributed by atoms with E-state index in [0.717, 1.165) is 12.0 Å². The number of rotatable bonds is 8. The monoisotopic (exact) mass is 413 g/mol. The maximum Gasteiger partial charge on any atom is 0.263 e. The van der Waals surface area contributed by atoms with Crippen LogP contribution < -0.4 is 4.74 Å². The molecule has 0 aliphatic rings. The van der Waals surface area contributed by atoms with Crippen molar-refractivity contribution in [3.05, 3.63) is 65.0 Å². The molecule has 0 bridgehead atoms. The first-order valence-electron chi connectivity index (χ1n) is 9.59. The largest absolute Gasteiger partial charge is 0.481 e. The van der Waals surface area contributed by atoms with Gasteiger partial charge in [0, 0.05) is 17.6 Å². The Hall–Kier alpha value is -2.86. The molecule has 0 aliphatic carbocycles. The molecule has 29 heavy (non-hydrogen) atoms. The highest BCUT2D eigenvalue weighted by Gasteiger charge is 2.24. The molecule has 0 unspecified atom stereocenters. The highest BCUT2D eigenvalue weighted by molar-refractivity contribution is 6.30. The molecular weight excluding hydrogens is 390 g/mol. The van der Waals surface area contributed by atoms with Gasteiger partial charge in [0.25, 0.3) is 5.91 Å². The molecule has 0 N–H and O–H groups in total. The van der Waals surface area contributed by atoms with Gasteiger partial charge in [0.15, 0.2) is 6.10 Å². The zero-order valence-corrected chi connectivity index (χ0v) is 17.5. The Morgan fingerprint density at radius 2 is 1.83 bits per heavy atom. The van der Waals surface area contributed by atoms with Crippen molar-refractivity contribution in [1.29, 1.82) is 0 Å². The summed E-state index contributed by atoms with van der Waals surface area (Å²) >= 11 is 5.90. The quantitative estimate of drug-likeness (QED) is 0.532. The molecule has 0 saturated carbocycles. The van der Waals surface area contributed by atoms with Crippen molar-refractivity contribution in [3.8, 4) is 17.1 Å². The second-order valence-corrected chi connectivity index (χ2v) is 7.16. The summed E-state index contributed by atoms with van der Waals surface area (Å²) < 4.78 is 11.2. The van der Waals surface area contributed by atoms with Gasteiger partial charge in [0.1, 0.15) is 5.75 Å². The molecule has 1 heterocycles. The van der Waals surface area contributed by atoms with Gasteiger partial charge >= 0.3 is 0 Å². The predicted molar refractivity (Wildman–Crippen MR) is 112 cm³/mol. The van der Waals surface area contributed by atoms with Crippen molar-refractivity contribution in [2.45, 2.75) is 39.3 Å². The number of carbonyl (C=O) groups excluding carboxylic acids is 1. The number of nitrogens with zero attached hydrogens (tertiary/aromatic N) is 3. The Labute approximate surface area is 175 Å². The number of halogens is 1. The van der Waals surface area contributed by atoms with E-state index < -0.39 is 6.10 Å². The number of hydrogen-bond donors (Lipinski definition) is 0. The first-order valence-corrected chi connectivity index (χ1v) is 9.97. The Morgan fingerprint density at radius 3 is 2.45 bits per heavy atom. The molecular formula is C22H24ClN3O3. The summed E-state index contributed by atoms with van der Waals surface area (Å²) in [5.41, 5.74) is 2.02. The van der Waals surface area contributed by atoms with Crippen molar-refractivity contribution < 1.29 is 14.1 Å². The van der Waals surface area contributed by atoms with Crippen LogP contribution in [-0.2, 0) is 17.8 Å². The fraction of sp³-hybridized carbons (Fsp3) is 0.318. The second kappa shape index (κ2) is 9.56. The van der Waals surface area contributed by atoms with E-state index in [1.54, 1.807) is 19.2 Å². The van der Waals surface area contributed by atoms with E-state index >= 15 is 0 Å². The van der Waals surface area contributed by atoms with Gasteiger partial charge in [-0.2, -0.15) is 4.98 Å². The zero-order chi connectivity index (χ0) is 20.8. The van der Waals surface area contributed by atoms with Crippen LogP contribution in [0.3, 0.4) is 0 Å². The van der Waals surface area contributed by atoms with Crippen LogP contribution in [0.5, 0.6) is 5.75 Å². The van der Waals surface area contributed by atoms with Gasteiger partial charge in [-0.15, -0.1) is 0 Å². The molecule has 3 aromatic rings. The zero-order valence-electron chi connectivity index (χ0n) is 16.8. The topological polar surface area (TPSA) is 68.5 Å². The van der Waals surface area contributed by atoms with Crippen LogP contribution >= 0.6 is 11.6 Å². The molecule has 0 fully saturated rings. The minimum atomic E-state index is -0.578. The van der Waals surface area contributed by atoms with Gasteiger partial charge in [-0.3, -0.25) is 4.79 Å². The molecule has 1 amide bonds. The lowest BCUT2D eigenvalue weighted by Gasteiger charge is -2.22. The second-order valence-electron chi connectivity index (χ2n) is 6.73. The summed E-state index contributed by atoms with van der Waals surface area (Å²) in [5, 5.41) is 4.62. The number of aryl methyl sites for hydroxylation is 1. The Kier molecular flexibility index (Phi) is 6.88. The van der Waals surface area contributed by atoms with E-state index in [9.17, 15) is 4.79 Å². The average molecular weight is 414 g/mol. The molecule has 6 nitrogen and oxygen atoms in total. The standard InChI is InChI=1S/C22H24ClN3O3/c1-4-15-6-12-18(13-7-15)28-19(5-2)22(27)26(3)14-20-24-21(25-29-20)16-8-10-17(23)11-9-16/h6-13,19H,4-5,14H2,1-3H3/t19-/m1/s1. The average Bonchev–Trinajstić information content (AvgIpc) is 3.20. The summed E-state index contributed by atoms with van der Waals surface area (Å²) in [6.07, 6.45) is 0.936. The molecule has 1 atom stereocenters. The van der Waals surface area contributed by atoms with Crippen LogP contribution in [-0.4, -0.2) is 34.1 Å². The highest BCUT2D eigenvalue weighted by Crippen LogP contribution is 2.20. The molecule has 152 valence electrons. The number of aromatic nitrogens is 2. The van der Waals surface area contributed by atoms with Gasteiger partial charge in [-0.1, -0.05) is 42.7 Å². The van der Waals surface area contributed by atoms with Gasteiger partial charge in [0.05, 0.1) is 6.54 Å². The lowest BCUT2D eigenvalue weighted by atomic mass is 10.1. The minimum absolute atomic E-state index is 0.140. The molecule has 0 spiro atoms. The smallest absolute Gasteiger partial charge is 0.263 e. The SMILES string of the molecule is CCc1ccc(O[C@H](CC)C(=O)N(C)Cc2nc(-c3ccc(Cl)cc3)no2)cc1. The van der Waals surface area contributed by atoms with E-state index in [2.05, 4.69) is 17.1 Å². The highest BCUT2D eigenvalue weighted by atomic mass is 35.5. The maximum atomic E-state index is 12.8. The molecule has 2 aromatic carbocycles. The molecule has 0 saturated heterocycles. The van der Waals surface area contributed by atoms with E-state index in [0.29, 0.717) is 28.9 Å².